The number of benzene rings is 8. The van der Waals surface area contributed by atoms with Crippen molar-refractivity contribution in [2.24, 2.45) is 0 Å². The van der Waals surface area contributed by atoms with Gasteiger partial charge in [0.25, 0.3) is 0 Å². The van der Waals surface area contributed by atoms with Crippen molar-refractivity contribution < 1.29 is 4.42 Å². The average Bonchev–Trinajstić information content (AvgIpc) is 3.76. The van der Waals surface area contributed by atoms with Crippen LogP contribution in [0.4, 0.5) is 0 Å². The number of pyridine rings is 2. The van der Waals surface area contributed by atoms with E-state index in [2.05, 4.69) is 127 Å². The Morgan fingerprint density at radius 1 is 0.270 bits per heavy atom. The van der Waals surface area contributed by atoms with Gasteiger partial charge in [-0.15, -0.1) is 0 Å². The van der Waals surface area contributed by atoms with E-state index >= 15 is 0 Å². The third-order valence-electron chi connectivity index (χ3n) is 11.7. The Morgan fingerprint density at radius 3 is 1.25 bits per heavy atom. The fourth-order valence-electron chi connectivity index (χ4n) is 8.54. The minimum absolute atomic E-state index is 0.598. The lowest BCUT2D eigenvalue weighted by atomic mass is 9.96. The third kappa shape index (κ3) is 6.58. The molecule has 0 aliphatic rings. The van der Waals surface area contributed by atoms with Crippen molar-refractivity contribution in [1.82, 2.24) is 24.9 Å². The molecule has 4 heterocycles. The molecule has 0 saturated carbocycles. The van der Waals surface area contributed by atoms with E-state index in [1.165, 1.54) is 0 Å². The lowest BCUT2D eigenvalue weighted by Gasteiger charge is -2.11. The van der Waals surface area contributed by atoms with E-state index in [1.807, 2.05) is 84.9 Å². The second kappa shape index (κ2) is 15.1. The second-order valence-electron chi connectivity index (χ2n) is 15.6. The second-order valence-corrected chi connectivity index (χ2v) is 15.6. The summed E-state index contributed by atoms with van der Waals surface area (Å²) in [5.41, 5.74) is 14.0. The molecule has 12 rings (SSSR count). The first-order valence-corrected chi connectivity index (χ1v) is 21.0. The van der Waals surface area contributed by atoms with Crippen LogP contribution in [-0.2, 0) is 0 Å². The number of fused-ring (bicyclic) bond motifs is 6. The van der Waals surface area contributed by atoms with Gasteiger partial charge in [0, 0.05) is 60.5 Å². The van der Waals surface area contributed by atoms with E-state index in [0.717, 1.165) is 105 Å². The summed E-state index contributed by atoms with van der Waals surface area (Å²) in [6.07, 6.45) is 0. The Labute approximate surface area is 362 Å². The van der Waals surface area contributed by atoms with Crippen LogP contribution in [0.15, 0.2) is 217 Å². The number of hydrogen-bond donors (Lipinski definition) is 0. The van der Waals surface area contributed by atoms with Gasteiger partial charge in [-0.05, 0) is 35.4 Å². The van der Waals surface area contributed by atoms with Gasteiger partial charge in [0.2, 0.25) is 0 Å². The van der Waals surface area contributed by atoms with Gasteiger partial charge in [0.1, 0.15) is 11.2 Å². The minimum atomic E-state index is 0.598. The average molecular weight is 806 g/mol. The zero-order valence-corrected chi connectivity index (χ0v) is 33.9. The maximum Gasteiger partial charge on any atom is 0.164 e. The van der Waals surface area contributed by atoms with Crippen molar-refractivity contribution >= 4 is 43.7 Å². The summed E-state index contributed by atoms with van der Waals surface area (Å²) in [5, 5.41) is 4.13. The van der Waals surface area contributed by atoms with Gasteiger partial charge in [0.15, 0.2) is 17.5 Å². The van der Waals surface area contributed by atoms with Crippen molar-refractivity contribution in [2.75, 3.05) is 0 Å². The number of aromatic nitrogens is 5. The molecule has 0 bridgehead atoms. The molecule has 0 aliphatic heterocycles. The number of hydrogen-bond acceptors (Lipinski definition) is 6. The first-order valence-electron chi connectivity index (χ1n) is 21.0. The fraction of sp³-hybridized carbons (Fsp3) is 0. The van der Waals surface area contributed by atoms with Crippen LogP contribution >= 0.6 is 0 Å². The van der Waals surface area contributed by atoms with E-state index in [-0.39, 0.29) is 0 Å². The Kier molecular flexibility index (Phi) is 8.71. The van der Waals surface area contributed by atoms with E-state index in [9.17, 15) is 0 Å². The summed E-state index contributed by atoms with van der Waals surface area (Å²) in [6.45, 7) is 0. The highest BCUT2D eigenvalue weighted by Gasteiger charge is 2.20. The van der Waals surface area contributed by atoms with Gasteiger partial charge in [-0.1, -0.05) is 188 Å². The Bertz CT molecular complexity index is 3590. The molecule has 0 saturated heterocycles. The highest BCUT2D eigenvalue weighted by Crippen LogP contribution is 2.43. The number of para-hydroxylation sites is 1. The quantitative estimate of drug-likeness (QED) is 0.149. The predicted octanol–water partition coefficient (Wildman–Crippen LogP) is 14.5. The minimum Gasteiger partial charge on any atom is -0.455 e. The van der Waals surface area contributed by atoms with Crippen LogP contribution in [0.2, 0.25) is 0 Å². The summed E-state index contributed by atoms with van der Waals surface area (Å²) in [7, 11) is 0. The molecule has 0 unspecified atom stereocenters. The summed E-state index contributed by atoms with van der Waals surface area (Å²) in [4.78, 5) is 25.4. The van der Waals surface area contributed by atoms with Gasteiger partial charge < -0.3 is 4.42 Å². The molecule has 6 nitrogen and oxygen atoms in total. The summed E-state index contributed by atoms with van der Waals surface area (Å²) in [6, 6.07) is 72.8. The summed E-state index contributed by atoms with van der Waals surface area (Å²) >= 11 is 0. The van der Waals surface area contributed by atoms with Crippen molar-refractivity contribution in [3.05, 3.63) is 212 Å². The number of rotatable bonds is 7. The normalized spacial score (nSPS) is 11.5. The molecule has 0 spiro atoms. The summed E-state index contributed by atoms with van der Waals surface area (Å²) < 4.78 is 6.98. The van der Waals surface area contributed by atoms with Gasteiger partial charge >= 0.3 is 0 Å². The van der Waals surface area contributed by atoms with Crippen LogP contribution in [0, 0.1) is 0 Å². The highest BCUT2D eigenvalue weighted by atomic mass is 16.3. The zero-order valence-electron chi connectivity index (χ0n) is 33.9. The van der Waals surface area contributed by atoms with Crippen molar-refractivity contribution in [3.63, 3.8) is 0 Å². The molecule has 0 atom stereocenters. The molecule has 294 valence electrons. The molecule has 0 N–H and O–H groups in total. The molecule has 63 heavy (non-hydrogen) atoms. The van der Waals surface area contributed by atoms with Crippen LogP contribution in [0.3, 0.4) is 0 Å². The molecule has 0 fully saturated rings. The highest BCUT2D eigenvalue weighted by molar-refractivity contribution is 6.14. The van der Waals surface area contributed by atoms with E-state index in [0.29, 0.717) is 17.5 Å². The van der Waals surface area contributed by atoms with Crippen LogP contribution < -0.4 is 0 Å². The lowest BCUT2D eigenvalue weighted by Crippen LogP contribution is -2.00. The molecule has 0 amide bonds. The SMILES string of the molecule is c1ccc(-c2ccc3ccc4ccc(-c5cc(-c6ccc(-c7nc(-c8ccccc8)nc(-c8ccccc8)n7)cc6)c6oc7c(-c8ccccc8)cccc7c6c5)nc4c3n2)cc1. The first kappa shape index (κ1) is 36.3. The van der Waals surface area contributed by atoms with E-state index in [4.69, 9.17) is 29.3 Å². The monoisotopic (exact) mass is 805 g/mol. The first-order chi connectivity index (χ1) is 31.2. The lowest BCUT2D eigenvalue weighted by molar-refractivity contribution is 0.671. The van der Waals surface area contributed by atoms with Crippen LogP contribution in [0.5, 0.6) is 0 Å². The predicted molar refractivity (Wildman–Crippen MR) is 256 cm³/mol. The van der Waals surface area contributed by atoms with Gasteiger partial charge in [-0.2, -0.15) is 0 Å². The molecule has 8 aromatic carbocycles. The molecule has 12 aromatic rings. The fourth-order valence-corrected chi connectivity index (χ4v) is 8.54. The van der Waals surface area contributed by atoms with Crippen molar-refractivity contribution in [2.45, 2.75) is 0 Å². The molecular formula is C57H35N5O. The molecule has 0 radical (unpaired) electrons. The molecule has 4 aromatic heterocycles. The largest absolute Gasteiger partial charge is 0.455 e. The molecular weight excluding hydrogens is 771 g/mol. The standard InChI is InChI=1S/C57H35N5O/c1-5-14-36(15-6-1)45-22-13-23-46-48-35-44(50-33-31-40-27-26-39-30-32-49(38-16-7-2-8-17-38)58-51(39)52(40)59-50)34-47(54(48)63-53(45)46)37-24-28-43(29-25-37)57-61-55(41-18-9-3-10-19-41)60-56(62-57)42-20-11-4-12-21-42/h1-35H. The van der Waals surface area contributed by atoms with Gasteiger partial charge in [0.05, 0.1) is 22.4 Å². The number of nitrogens with zero attached hydrogens (tertiary/aromatic N) is 5. The van der Waals surface area contributed by atoms with Gasteiger partial charge in [-0.25, -0.2) is 24.9 Å². The maximum atomic E-state index is 6.98. The Balaban J connectivity index is 1.03. The third-order valence-corrected chi connectivity index (χ3v) is 11.7. The molecule has 0 aliphatic carbocycles. The summed E-state index contributed by atoms with van der Waals surface area (Å²) in [5.74, 6) is 1.84. The van der Waals surface area contributed by atoms with Crippen LogP contribution in [0.1, 0.15) is 0 Å². The van der Waals surface area contributed by atoms with Crippen molar-refractivity contribution in [3.8, 4) is 78.9 Å². The Hall–Kier alpha value is -8.61. The smallest absolute Gasteiger partial charge is 0.164 e. The zero-order chi connectivity index (χ0) is 41.7. The van der Waals surface area contributed by atoms with E-state index in [1.54, 1.807) is 0 Å². The topological polar surface area (TPSA) is 77.6 Å². The van der Waals surface area contributed by atoms with E-state index < -0.39 is 0 Å². The van der Waals surface area contributed by atoms with Crippen LogP contribution in [-0.4, -0.2) is 24.9 Å². The van der Waals surface area contributed by atoms with Crippen molar-refractivity contribution in [1.29, 1.82) is 0 Å². The Morgan fingerprint density at radius 2 is 0.698 bits per heavy atom. The number of furan rings is 1. The molecule has 6 heteroatoms. The van der Waals surface area contributed by atoms with Gasteiger partial charge in [-0.3, -0.25) is 0 Å². The maximum absolute atomic E-state index is 6.98. The van der Waals surface area contributed by atoms with Crippen LogP contribution in [0.25, 0.3) is 123 Å².